The molecule has 4 nitrogen and oxygen atoms in total. The summed E-state index contributed by atoms with van der Waals surface area (Å²) in [6, 6.07) is 1.77. The summed E-state index contributed by atoms with van der Waals surface area (Å²) < 4.78 is 2.71. The minimum absolute atomic E-state index is 0.00148. The molecule has 0 radical (unpaired) electrons. The van der Waals surface area contributed by atoms with Crippen molar-refractivity contribution in [3.8, 4) is 0 Å². The largest absolute Gasteiger partial charge is 0.394 e. The zero-order valence-electron chi connectivity index (χ0n) is 10.1. The summed E-state index contributed by atoms with van der Waals surface area (Å²) in [5.41, 5.74) is 0.657. The molecule has 2 atom stereocenters. The van der Waals surface area contributed by atoms with Crippen molar-refractivity contribution < 1.29 is 9.90 Å². The van der Waals surface area contributed by atoms with Gasteiger partial charge in [-0.05, 0) is 34.3 Å². The molecule has 2 rings (SSSR count). The van der Waals surface area contributed by atoms with Gasteiger partial charge in [-0.2, -0.15) is 0 Å². The highest BCUT2D eigenvalue weighted by molar-refractivity contribution is 9.10. The van der Waals surface area contributed by atoms with Gasteiger partial charge in [-0.15, -0.1) is 0 Å². The minimum atomic E-state index is -0.0452. The second-order valence-corrected chi connectivity index (χ2v) is 5.58. The highest BCUT2D eigenvalue weighted by atomic mass is 79.9. The lowest BCUT2D eigenvalue weighted by Crippen LogP contribution is -2.40. The van der Waals surface area contributed by atoms with E-state index in [1.54, 1.807) is 4.90 Å². The van der Waals surface area contributed by atoms with Crippen LogP contribution in [0.1, 0.15) is 23.8 Å². The maximum absolute atomic E-state index is 12.4. The molecule has 0 saturated carbocycles. The maximum atomic E-state index is 12.4. The average Bonchev–Trinajstić information content (AvgIpc) is 2.80. The molecule has 1 aromatic heterocycles. The Hall–Kier alpha value is -0.810. The van der Waals surface area contributed by atoms with E-state index in [-0.39, 0.29) is 18.6 Å². The van der Waals surface area contributed by atoms with Crippen LogP contribution in [0, 0.1) is 5.92 Å². The Labute approximate surface area is 109 Å². The Morgan fingerprint density at radius 1 is 1.65 bits per heavy atom. The van der Waals surface area contributed by atoms with Crippen LogP contribution in [0.4, 0.5) is 0 Å². The van der Waals surface area contributed by atoms with Gasteiger partial charge in [0.2, 0.25) is 0 Å². The third-order valence-electron chi connectivity index (χ3n) is 3.52. The van der Waals surface area contributed by atoms with Gasteiger partial charge in [-0.25, -0.2) is 0 Å². The molecular weight excluding hydrogens is 284 g/mol. The first-order valence-electron chi connectivity index (χ1n) is 5.78. The van der Waals surface area contributed by atoms with E-state index in [1.807, 2.05) is 23.9 Å². The van der Waals surface area contributed by atoms with Crippen LogP contribution < -0.4 is 0 Å². The summed E-state index contributed by atoms with van der Waals surface area (Å²) in [5.74, 6) is 0.370. The summed E-state index contributed by atoms with van der Waals surface area (Å²) in [7, 11) is 1.85. The smallest absolute Gasteiger partial charge is 0.270 e. The Kier molecular flexibility index (Phi) is 3.58. The highest BCUT2D eigenvalue weighted by Crippen LogP contribution is 2.26. The van der Waals surface area contributed by atoms with E-state index in [9.17, 15) is 9.90 Å². The quantitative estimate of drug-likeness (QED) is 0.902. The molecule has 1 saturated heterocycles. The Balaban J connectivity index is 2.23. The number of aliphatic hydroxyl groups excluding tert-OH is 1. The van der Waals surface area contributed by atoms with Crippen LogP contribution in [0.5, 0.6) is 0 Å². The molecule has 1 aromatic rings. The van der Waals surface area contributed by atoms with Crippen molar-refractivity contribution in [3.63, 3.8) is 0 Å². The molecule has 0 aromatic carbocycles. The highest BCUT2D eigenvalue weighted by Gasteiger charge is 2.35. The van der Waals surface area contributed by atoms with Crippen LogP contribution in [0.2, 0.25) is 0 Å². The Morgan fingerprint density at radius 3 is 2.88 bits per heavy atom. The number of amides is 1. The first-order chi connectivity index (χ1) is 8.04. The van der Waals surface area contributed by atoms with Crippen molar-refractivity contribution >= 4 is 21.8 Å². The second kappa shape index (κ2) is 4.82. The molecule has 94 valence electrons. The van der Waals surface area contributed by atoms with Crippen LogP contribution in [0.25, 0.3) is 0 Å². The SMILES string of the molecule is CC1CCN(C(=O)c2cc(Br)cn2C)C1CO. The predicted molar refractivity (Wildman–Crippen MR) is 68.8 cm³/mol. The Bertz CT molecular complexity index is 430. The number of halogens is 1. The van der Waals surface area contributed by atoms with Crippen molar-refractivity contribution in [2.75, 3.05) is 13.2 Å². The molecule has 5 heteroatoms. The van der Waals surface area contributed by atoms with Crippen molar-refractivity contribution in [3.05, 3.63) is 22.4 Å². The van der Waals surface area contributed by atoms with Crippen LogP contribution in [0.3, 0.4) is 0 Å². The molecular formula is C12H17BrN2O2. The summed E-state index contributed by atoms with van der Waals surface area (Å²) in [6.45, 7) is 2.85. The molecule has 1 aliphatic rings. The maximum Gasteiger partial charge on any atom is 0.270 e. The number of aryl methyl sites for hydroxylation is 1. The molecule has 1 amide bonds. The number of rotatable bonds is 2. The Morgan fingerprint density at radius 2 is 2.35 bits per heavy atom. The van der Waals surface area contributed by atoms with Crippen LogP contribution in [-0.2, 0) is 7.05 Å². The van der Waals surface area contributed by atoms with E-state index < -0.39 is 0 Å². The monoisotopic (exact) mass is 300 g/mol. The lowest BCUT2D eigenvalue weighted by molar-refractivity contribution is 0.0639. The van der Waals surface area contributed by atoms with Crippen molar-refractivity contribution in [2.45, 2.75) is 19.4 Å². The van der Waals surface area contributed by atoms with Gasteiger partial charge in [-0.1, -0.05) is 6.92 Å². The molecule has 1 fully saturated rings. The van der Waals surface area contributed by atoms with Gasteiger partial charge in [-0.3, -0.25) is 4.79 Å². The summed E-state index contributed by atoms with van der Waals surface area (Å²) >= 11 is 3.36. The van der Waals surface area contributed by atoms with Gasteiger partial charge in [0.15, 0.2) is 0 Å². The van der Waals surface area contributed by atoms with Crippen LogP contribution in [0.15, 0.2) is 16.7 Å². The van der Waals surface area contributed by atoms with Crippen LogP contribution >= 0.6 is 15.9 Å². The lowest BCUT2D eigenvalue weighted by atomic mass is 10.0. The first-order valence-corrected chi connectivity index (χ1v) is 6.57. The minimum Gasteiger partial charge on any atom is -0.394 e. The molecule has 17 heavy (non-hydrogen) atoms. The molecule has 0 aliphatic carbocycles. The first kappa shape index (κ1) is 12.6. The van der Waals surface area contributed by atoms with Gasteiger partial charge in [0.1, 0.15) is 5.69 Å². The fourth-order valence-electron chi connectivity index (χ4n) is 2.42. The number of likely N-dealkylation sites (tertiary alicyclic amines) is 1. The standard InChI is InChI=1S/C12H17BrN2O2/c1-8-3-4-15(11(8)7-16)12(17)10-5-9(13)6-14(10)2/h5-6,8,11,16H,3-4,7H2,1-2H3. The summed E-state index contributed by atoms with van der Waals surface area (Å²) in [5, 5.41) is 9.37. The van der Waals surface area contributed by atoms with E-state index in [0.717, 1.165) is 17.4 Å². The summed E-state index contributed by atoms with van der Waals surface area (Å²) in [4.78, 5) is 14.2. The van der Waals surface area contributed by atoms with E-state index in [2.05, 4.69) is 22.9 Å². The van der Waals surface area contributed by atoms with E-state index >= 15 is 0 Å². The lowest BCUT2D eigenvalue weighted by Gasteiger charge is -2.25. The molecule has 2 unspecified atom stereocenters. The molecule has 0 bridgehead atoms. The number of carbonyl (C=O) groups excluding carboxylic acids is 1. The number of aliphatic hydroxyl groups is 1. The number of carbonyl (C=O) groups is 1. The third kappa shape index (κ3) is 2.26. The topological polar surface area (TPSA) is 45.5 Å². The zero-order valence-corrected chi connectivity index (χ0v) is 11.6. The fraction of sp³-hybridized carbons (Fsp3) is 0.583. The van der Waals surface area contributed by atoms with Crippen molar-refractivity contribution in [1.82, 2.24) is 9.47 Å². The van der Waals surface area contributed by atoms with Gasteiger partial charge in [0.05, 0.1) is 12.6 Å². The average molecular weight is 301 g/mol. The summed E-state index contributed by atoms with van der Waals surface area (Å²) in [6.07, 6.45) is 2.82. The molecule has 1 N–H and O–H groups in total. The molecule has 1 aliphatic heterocycles. The van der Waals surface area contributed by atoms with E-state index in [4.69, 9.17) is 0 Å². The van der Waals surface area contributed by atoms with Crippen molar-refractivity contribution in [2.24, 2.45) is 13.0 Å². The van der Waals surface area contributed by atoms with Gasteiger partial charge < -0.3 is 14.6 Å². The van der Waals surface area contributed by atoms with Crippen molar-refractivity contribution in [1.29, 1.82) is 0 Å². The normalized spacial score (nSPS) is 24.4. The fourth-order valence-corrected chi connectivity index (χ4v) is 2.95. The van der Waals surface area contributed by atoms with Gasteiger partial charge in [0, 0.05) is 24.3 Å². The molecule has 2 heterocycles. The number of aromatic nitrogens is 1. The van der Waals surface area contributed by atoms with Gasteiger partial charge >= 0.3 is 0 Å². The zero-order chi connectivity index (χ0) is 12.6. The van der Waals surface area contributed by atoms with E-state index in [0.29, 0.717) is 11.6 Å². The number of nitrogens with zero attached hydrogens (tertiary/aromatic N) is 2. The number of hydrogen-bond donors (Lipinski definition) is 1. The third-order valence-corrected chi connectivity index (χ3v) is 3.95. The molecule has 0 spiro atoms. The predicted octanol–water partition coefficient (Wildman–Crippen LogP) is 1.63. The second-order valence-electron chi connectivity index (χ2n) is 4.67. The van der Waals surface area contributed by atoms with Crippen LogP contribution in [-0.4, -0.2) is 39.7 Å². The van der Waals surface area contributed by atoms with Gasteiger partial charge in [0.25, 0.3) is 5.91 Å². The number of hydrogen-bond acceptors (Lipinski definition) is 2. The van der Waals surface area contributed by atoms with E-state index in [1.165, 1.54) is 0 Å².